The Labute approximate surface area is 136 Å². The van der Waals surface area contributed by atoms with Gasteiger partial charge in [0.1, 0.15) is 5.38 Å². The molecule has 1 aromatic carbocycles. The molecule has 0 saturated carbocycles. The SMILES string of the molecule is CCOCCN1C(=O)C(Cl)C1(c1ccc(Cl)cc1)C(C)C. The number of carbonyl (C=O) groups is 1. The Bertz CT molecular complexity index is 504. The highest BCUT2D eigenvalue weighted by Crippen LogP contribution is 2.50. The van der Waals surface area contributed by atoms with E-state index in [-0.39, 0.29) is 11.8 Å². The molecule has 0 bridgehead atoms. The summed E-state index contributed by atoms with van der Waals surface area (Å²) in [6.45, 7) is 7.83. The predicted molar refractivity (Wildman–Crippen MR) is 85.8 cm³/mol. The number of alkyl halides is 1. The standard InChI is InChI=1S/C16H21Cl2NO2/c1-4-21-10-9-19-15(20)14(18)16(19,11(2)3)12-5-7-13(17)8-6-12/h5-8,11,14H,4,9-10H2,1-3H3. The molecular weight excluding hydrogens is 309 g/mol. The van der Waals surface area contributed by atoms with Gasteiger partial charge in [-0.15, -0.1) is 11.6 Å². The molecule has 2 rings (SSSR count). The van der Waals surface area contributed by atoms with E-state index in [0.717, 1.165) is 5.56 Å². The van der Waals surface area contributed by atoms with Crippen LogP contribution in [-0.4, -0.2) is 35.9 Å². The van der Waals surface area contributed by atoms with Crippen LogP contribution < -0.4 is 0 Å². The summed E-state index contributed by atoms with van der Waals surface area (Å²) in [6, 6.07) is 7.60. The van der Waals surface area contributed by atoms with Crippen LogP contribution in [0.5, 0.6) is 0 Å². The number of hydrogen-bond donors (Lipinski definition) is 0. The largest absolute Gasteiger partial charge is 0.380 e. The monoisotopic (exact) mass is 329 g/mol. The van der Waals surface area contributed by atoms with Crippen molar-refractivity contribution in [3.63, 3.8) is 0 Å². The van der Waals surface area contributed by atoms with Crippen LogP contribution in [0.4, 0.5) is 0 Å². The number of hydrogen-bond acceptors (Lipinski definition) is 2. The van der Waals surface area contributed by atoms with Crippen LogP contribution in [0.3, 0.4) is 0 Å². The van der Waals surface area contributed by atoms with E-state index in [0.29, 0.717) is 24.8 Å². The van der Waals surface area contributed by atoms with Gasteiger partial charge in [0.15, 0.2) is 0 Å². The summed E-state index contributed by atoms with van der Waals surface area (Å²) in [5, 5.41) is 0.135. The second-order valence-electron chi connectivity index (χ2n) is 5.54. The molecule has 1 saturated heterocycles. The number of halogens is 2. The van der Waals surface area contributed by atoms with Gasteiger partial charge in [-0.25, -0.2) is 0 Å². The number of likely N-dealkylation sites (tertiary alicyclic amines) is 1. The topological polar surface area (TPSA) is 29.5 Å². The van der Waals surface area contributed by atoms with Crippen LogP contribution >= 0.6 is 23.2 Å². The van der Waals surface area contributed by atoms with Crippen molar-refractivity contribution >= 4 is 29.1 Å². The third-order valence-electron chi connectivity index (χ3n) is 4.17. The molecule has 1 aliphatic rings. The normalized spacial score (nSPS) is 25.3. The molecule has 5 heteroatoms. The second kappa shape index (κ2) is 6.55. The van der Waals surface area contributed by atoms with Crippen molar-refractivity contribution in [3.05, 3.63) is 34.9 Å². The summed E-state index contributed by atoms with van der Waals surface area (Å²) in [6.07, 6.45) is 0. The van der Waals surface area contributed by atoms with Gasteiger partial charge in [-0.05, 0) is 30.5 Å². The number of β-lactam (4-membered cyclic amide) rings is 1. The highest BCUT2D eigenvalue weighted by atomic mass is 35.5. The number of benzene rings is 1. The van der Waals surface area contributed by atoms with E-state index in [1.54, 1.807) is 0 Å². The zero-order valence-electron chi connectivity index (χ0n) is 12.6. The summed E-state index contributed by atoms with van der Waals surface area (Å²) in [5.41, 5.74) is 0.540. The Balaban J connectivity index is 2.34. The van der Waals surface area contributed by atoms with Crippen molar-refractivity contribution in [1.82, 2.24) is 4.90 Å². The van der Waals surface area contributed by atoms with Crippen molar-refractivity contribution in [1.29, 1.82) is 0 Å². The first kappa shape index (κ1) is 16.6. The molecule has 0 aromatic heterocycles. The van der Waals surface area contributed by atoms with Gasteiger partial charge in [0, 0.05) is 18.2 Å². The minimum absolute atomic E-state index is 0.0278. The maximum atomic E-state index is 12.2. The maximum Gasteiger partial charge on any atom is 0.244 e. The van der Waals surface area contributed by atoms with Crippen molar-refractivity contribution < 1.29 is 9.53 Å². The van der Waals surface area contributed by atoms with E-state index in [1.807, 2.05) is 36.1 Å². The Kier molecular flexibility index (Phi) is 5.18. The van der Waals surface area contributed by atoms with Gasteiger partial charge in [-0.3, -0.25) is 4.79 Å². The Morgan fingerprint density at radius 1 is 1.33 bits per heavy atom. The average Bonchev–Trinajstić information content (AvgIpc) is 2.47. The highest BCUT2D eigenvalue weighted by molar-refractivity contribution is 6.34. The molecule has 1 aliphatic heterocycles. The molecule has 1 fully saturated rings. The third kappa shape index (κ3) is 2.67. The maximum absolute atomic E-state index is 12.2. The Morgan fingerprint density at radius 3 is 2.48 bits per heavy atom. The van der Waals surface area contributed by atoms with E-state index in [9.17, 15) is 4.79 Å². The molecule has 0 aliphatic carbocycles. The molecule has 116 valence electrons. The van der Waals surface area contributed by atoms with Gasteiger partial charge in [0.2, 0.25) is 5.91 Å². The average molecular weight is 330 g/mol. The van der Waals surface area contributed by atoms with Crippen molar-refractivity contribution in [2.45, 2.75) is 31.7 Å². The zero-order valence-corrected chi connectivity index (χ0v) is 14.1. The van der Waals surface area contributed by atoms with Crippen molar-refractivity contribution in [2.75, 3.05) is 19.8 Å². The Morgan fingerprint density at radius 2 is 1.95 bits per heavy atom. The molecule has 21 heavy (non-hydrogen) atoms. The first-order valence-corrected chi connectivity index (χ1v) is 8.07. The van der Waals surface area contributed by atoms with Crippen LogP contribution in [0.1, 0.15) is 26.3 Å². The van der Waals surface area contributed by atoms with E-state index in [4.69, 9.17) is 27.9 Å². The van der Waals surface area contributed by atoms with Gasteiger partial charge in [0.05, 0.1) is 12.1 Å². The minimum atomic E-state index is -0.541. The summed E-state index contributed by atoms with van der Waals surface area (Å²) in [5.74, 6) is 0.167. The van der Waals surface area contributed by atoms with E-state index in [1.165, 1.54) is 0 Å². The first-order chi connectivity index (χ1) is 9.96. The lowest BCUT2D eigenvalue weighted by Crippen LogP contribution is -2.72. The quantitative estimate of drug-likeness (QED) is 0.452. The molecule has 1 heterocycles. The van der Waals surface area contributed by atoms with Crippen LogP contribution in [-0.2, 0) is 15.1 Å². The third-order valence-corrected chi connectivity index (χ3v) is 4.94. The second-order valence-corrected chi connectivity index (χ2v) is 6.41. The van der Waals surface area contributed by atoms with E-state index in [2.05, 4.69) is 13.8 Å². The molecule has 0 spiro atoms. The van der Waals surface area contributed by atoms with Gasteiger partial charge in [-0.1, -0.05) is 37.6 Å². The van der Waals surface area contributed by atoms with Crippen molar-refractivity contribution in [2.24, 2.45) is 5.92 Å². The van der Waals surface area contributed by atoms with Crippen molar-refractivity contribution in [3.8, 4) is 0 Å². The Hall–Kier alpha value is -0.770. The lowest BCUT2D eigenvalue weighted by Gasteiger charge is -2.58. The van der Waals surface area contributed by atoms with Gasteiger partial charge in [-0.2, -0.15) is 0 Å². The van der Waals surface area contributed by atoms with Gasteiger partial charge >= 0.3 is 0 Å². The van der Waals surface area contributed by atoms with Crippen LogP contribution in [0, 0.1) is 5.92 Å². The fraction of sp³-hybridized carbons (Fsp3) is 0.562. The van der Waals surface area contributed by atoms with Gasteiger partial charge < -0.3 is 9.64 Å². The lowest BCUT2D eigenvalue weighted by atomic mass is 9.69. The fourth-order valence-electron chi connectivity index (χ4n) is 3.13. The molecule has 3 nitrogen and oxygen atoms in total. The van der Waals surface area contributed by atoms with E-state index < -0.39 is 10.9 Å². The smallest absolute Gasteiger partial charge is 0.244 e. The van der Waals surface area contributed by atoms with Crippen LogP contribution in [0.15, 0.2) is 24.3 Å². The summed E-state index contributed by atoms with van der Waals surface area (Å²) in [7, 11) is 0. The number of rotatable bonds is 6. The van der Waals surface area contributed by atoms with Gasteiger partial charge in [0.25, 0.3) is 0 Å². The molecule has 1 aromatic rings. The summed E-state index contributed by atoms with van der Waals surface area (Å²) < 4.78 is 5.39. The molecule has 2 atom stereocenters. The van der Waals surface area contributed by atoms with Crippen LogP contribution in [0.25, 0.3) is 0 Å². The molecule has 0 radical (unpaired) electrons. The van der Waals surface area contributed by atoms with E-state index >= 15 is 0 Å². The molecule has 0 N–H and O–H groups in total. The first-order valence-electron chi connectivity index (χ1n) is 7.25. The summed E-state index contributed by atoms with van der Waals surface area (Å²) >= 11 is 12.4. The van der Waals surface area contributed by atoms with Crippen LogP contribution in [0.2, 0.25) is 5.02 Å². The predicted octanol–water partition coefficient (Wildman–Crippen LogP) is 3.68. The zero-order chi connectivity index (χ0) is 15.6. The minimum Gasteiger partial charge on any atom is -0.380 e. The lowest BCUT2D eigenvalue weighted by molar-refractivity contribution is -0.163. The molecular formula is C16H21Cl2NO2. The summed E-state index contributed by atoms with van der Waals surface area (Å²) in [4.78, 5) is 14.1. The number of amides is 1. The highest BCUT2D eigenvalue weighted by Gasteiger charge is 2.61. The number of ether oxygens (including phenoxy) is 1. The fourth-order valence-corrected chi connectivity index (χ4v) is 3.87. The number of nitrogens with zero attached hydrogens (tertiary/aromatic N) is 1. The molecule has 2 unspecified atom stereocenters. The number of carbonyl (C=O) groups excluding carboxylic acids is 1. The molecule has 1 amide bonds.